The van der Waals surface area contributed by atoms with E-state index in [4.69, 9.17) is 4.74 Å². The number of rotatable bonds is 6. The lowest BCUT2D eigenvalue weighted by atomic mass is 10.3. The normalized spacial score (nSPS) is 11.0. The molecule has 0 aliphatic heterocycles. The monoisotopic (exact) mass is 450 g/mol. The van der Waals surface area contributed by atoms with Crippen molar-refractivity contribution in [2.24, 2.45) is 0 Å². The lowest BCUT2D eigenvalue weighted by molar-refractivity contribution is -0.153. The van der Waals surface area contributed by atoms with Crippen LogP contribution in [0.1, 0.15) is 0 Å². The number of anilines is 2. The molecule has 2 aromatic rings. The van der Waals surface area contributed by atoms with Crippen LogP contribution in [0, 0.1) is 3.57 Å². The summed E-state index contributed by atoms with van der Waals surface area (Å²) in [5.41, 5.74) is 0.992. The first-order chi connectivity index (χ1) is 11.3. The summed E-state index contributed by atoms with van der Waals surface area (Å²) in [6.45, 7) is -1.49. The predicted molar refractivity (Wildman–Crippen MR) is 94.3 cm³/mol. The van der Waals surface area contributed by atoms with Gasteiger partial charge in [-0.15, -0.1) is 0 Å². The highest BCUT2D eigenvalue weighted by Gasteiger charge is 2.28. The lowest BCUT2D eigenvalue weighted by Crippen LogP contribution is -2.23. The van der Waals surface area contributed by atoms with E-state index >= 15 is 0 Å². The molecule has 0 radical (unpaired) electrons. The van der Waals surface area contributed by atoms with E-state index < -0.39 is 12.8 Å². The van der Waals surface area contributed by atoms with Crippen LogP contribution in [-0.2, 0) is 4.79 Å². The first-order valence-corrected chi connectivity index (χ1v) is 8.00. The zero-order valence-corrected chi connectivity index (χ0v) is 14.5. The van der Waals surface area contributed by atoms with Crippen LogP contribution < -0.4 is 15.4 Å². The van der Waals surface area contributed by atoms with Crippen LogP contribution >= 0.6 is 22.6 Å². The molecule has 4 nitrogen and oxygen atoms in total. The molecule has 2 rings (SSSR count). The molecule has 0 fully saturated rings. The summed E-state index contributed by atoms with van der Waals surface area (Å²) in [5, 5.41) is 5.51. The molecule has 0 saturated carbocycles. The quantitative estimate of drug-likeness (QED) is 0.647. The van der Waals surface area contributed by atoms with Gasteiger partial charge in [0.25, 0.3) is 0 Å². The van der Waals surface area contributed by atoms with Crippen LogP contribution in [0.15, 0.2) is 48.5 Å². The van der Waals surface area contributed by atoms with E-state index in [0.717, 1.165) is 3.57 Å². The molecular formula is C16H14F3IN2O2. The highest BCUT2D eigenvalue weighted by molar-refractivity contribution is 14.1. The Balaban J connectivity index is 1.94. The third kappa shape index (κ3) is 5.91. The highest BCUT2D eigenvalue weighted by atomic mass is 127. The first-order valence-electron chi connectivity index (χ1n) is 6.92. The van der Waals surface area contributed by atoms with Crippen molar-refractivity contribution < 1.29 is 22.7 Å². The number of hydrogen-bond acceptors (Lipinski definition) is 3. The molecule has 2 aromatic carbocycles. The van der Waals surface area contributed by atoms with Crippen LogP contribution in [0.4, 0.5) is 24.5 Å². The van der Waals surface area contributed by atoms with Gasteiger partial charge in [-0.3, -0.25) is 4.79 Å². The van der Waals surface area contributed by atoms with Crippen molar-refractivity contribution in [1.29, 1.82) is 0 Å². The maximum Gasteiger partial charge on any atom is 0.422 e. The summed E-state index contributed by atoms with van der Waals surface area (Å²) >= 11 is 2.10. The van der Waals surface area contributed by atoms with Crippen molar-refractivity contribution >= 4 is 39.9 Å². The summed E-state index contributed by atoms with van der Waals surface area (Å²) in [4.78, 5) is 12.0. The van der Waals surface area contributed by atoms with Crippen molar-refractivity contribution in [2.45, 2.75) is 6.18 Å². The molecule has 1 amide bonds. The summed E-state index contributed by atoms with van der Waals surface area (Å²) < 4.78 is 42.4. The number of ether oxygens (including phenoxy) is 1. The molecule has 24 heavy (non-hydrogen) atoms. The lowest BCUT2D eigenvalue weighted by Gasteiger charge is -2.14. The Kier molecular flexibility index (Phi) is 6.29. The van der Waals surface area contributed by atoms with Crippen LogP contribution in [-0.4, -0.2) is 25.2 Å². The fourth-order valence-corrected chi connectivity index (χ4v) is 2.35. The van der Waals surface area contributed by atoms with E-state index in [1.165, 1.54) is 6.07 Å². The zero-order chi connectivity index (χ0) is 17.6. The molecule has 0 aliphatic carbocycles. The highest BCUT2D eigenvalue weighted by Crippen LogP contribution is 2.26. The molecule has 0 heterocycles. The molecule has 0 aromatic heterocycles. The molecule has 8 heteroatoms. The molecule has 0 atom stereocenters. The first kappa shape index (κ1) is 18.4. The Bertz CT molecular complexity index is 708. The van der Waals surface area contributed by atoms with Gasteiger partial charge in [0, 0.05) is 3.57 Å². The number of hydrogen-bond donors (Lipinski definition) is 2. The van der Waals surface area contributed by atoms with Gasteiger partial charge in [-0.25, -0.2) is 0 Å². The van der Waals surface area contributed by atoms with Gasteiger partial charge >= 0.3 is 6.18 Å². The number of amides is 1. The molecule has 0 spiro atoms. The number of benzene rings is 2. The van der Waals surface area contributed by atoms with Crippen LogP contribution in [0.3, 0.4) is 0 Å². The van der Waals surface area contributed by atoms with E-state index in [1.807, 2.05) is 12.1 Å². The fourth-order valence-electron chi connectivity index (χ4n) is 1.83. The summed E-state index contributed by atoms with van der Waals surface area (Å²) in [7, 11) is 0. The Morgan fingerprint density at radius 2 is 1.67 bits per heavy atom. The number of carbonyl (C=O) groups is 1. The number of carbonyl (C=O) groups excluding carboxylic acids is 1. The molecule has 0 unspecified atom stereocenters. The second-order valence-corrected chi connectivity index (χ2v) is 5.94. The van der Waals surface area contributed by atoms with Gasteiger partial charge in [0.15, 0.2) is 6.61 Å². The van der Waals surface area contributed by atoms with Crippen molar-refractivity contribution in [3.8, 4) is 5.75 Å². The Hall–Kier alpha value is -1.97. The SMILES string of the molecule is O=C(CNc1ccccc1OCC(F)(F)F)Nc1ccccc1I. The van der Waals surface area contributed by atoms with E-state index in [1.54, 1.807) is 30.3 Å². The van der Waals surface area contributed by atoms with Gasteiger partial charge < -0.3 is 15.4 Å². The van der Waals surface area contributed by atoms with E-state index in [-0.39, 0.29) is 18.2 Å². The van der Waals surface area contributed by atoms with Gasteiger partial charge in [0.05, 0.1) is 17.9 Å². The van der Waals surface area contributed by atoms with Gasteiger partial charge in [-0.05, 0) is 46.9 Å². The second-order valence-electron chi connectivity index (χ2n) is 4.78. The molecular weight excluding hydrogens is 436 g/mol. The van der Waals surface area contributed by atoms with E-state index in [9.17, 15) is 18.0 Å². The van der Waals surface area contributed by atoms with E-state index in [2.05, 4.69) is 33.2 Å². The number of alkyl halides is 3. The van der Waals surface area contributed by atoms with Gasteiger partial charge in [-0.2, -0.15) is 13.2 Å². The molecule has 128 valence electrons. The van der Waals surface area contributed by atoms with Crippen molar-refractivity contribution in [3.05, 3.63) is 52.1 Å². The summed E-state index contributed by atoms with van der Waals surface area (Å²) in [6, 6.07) is 13.4. The minimum atomic E-state index is -4.42. The van der Waals surface area contributed by atoms with Crippen molar-refractivity contribution in [3.63, 3.8) is 0 Å². The minimum Gasteiger partial charge on any atom is -0.482 e. The number of para-hydroxylation sites is 3. The standard InChI is InChI=1S/C16H14F3IN2O2/c17-16(18,19)10-24-14-8-4-3-7-13(14)21-9-15(23)22-12-6-2-1-5-11(12)20/h1-8,21H,9-10H2,(H,22,23). The van der Waals surface area contributed by atoms with Crippen LogP contribution in [0.5, 0.6) is 5.75 Å². The third-order valence-electron chi connectivity index (χ3n) is 2.87. The molecule has 0 saturated heterocycles. The molecule has 0 bridgehead atoms. The van der Waals surface area contributed by atoms with Gasteiger partial charge in [-0.1, -0.05) is 24.3 Å². The van der Waals surface area contributed by atoms with Gasteiger partial charge in [0.2, 0.25) is 5.91 Å². The van der Waals surface area contributed by atoms with Gasteiger partial charge in [0.1, 0.15) is 5.75 Å². The Labute approximate surface area is 150 Å². The van der Waals surface area contributed by atoms with Crippen LogP contribution in [0.25, 0.3) is 0 Å². The number of halogens is 4. The zero-order valence-electron chi connectivity index (χ0n) is 12.4. The predicted octanol–water partition coefficient (Wildman–Crippen LogP) is 4.28. The van der Waals surface area contributed by atoms with Crippen LogP contribution in [0.2, 0.25) is 0 Å². The van der Waals surface area contributed by atoms with Crippen molar-refractivity contribution in [2.75, 3.05) is 23.8 Å². The smallest absolute Gasteiger partial charge is 0.422 e. The Morgan fingerprint density at radius 3 is 2.33 bits per heavy atom. The average Bonchev–Trinajstić information content (AvgIpc) is 2.53. The molecule has 0 aliphatic rings. The van der Waals surface area contributed by atoms with E-state index in [0.29, 0.717) is 11.4 Å². The Morgan fingerprint density at radius 1 is 1.04 bits per heavy atom. The molecule has 2 N–H and O–H groups in total. The second kappa shape index (κ2) is 8.22. The summed E-state index contributed by atoms with van der Waals surface area (Å²) in [5.74, 6) is -0.276. The largest absolute Gasteiger partial charge is 0.482 e. The average molecular weight is 450 g/mol. The maximum absolute atomic E-state index is 12.3. The number of nitrogens with one attached hydrogen (secondary N) is 2. The van der Waals surface area contributed by atoms with Crippen molar-refractivity contribution in [1.82, 2.24) is 0 Å². The topological polar surface area (TPSA) is 50.4 Å². The fraction of sp³-hybridized carbons (Fsp3) is 0.188. The maximum atomic E-state index is 12.3. The third-order valence-corrected chi connectivity index (χ3v) is 3.81. The summed E-state index contributed by atoms with van der Waals surface area (Å²) in [6.07, 6.45) is -4.42. The minimum absolute atomic E-state index is 0.0388.